The predicted molar refractivity (Wildman–Crippen MR) is 109 cm³/mol. The van der Waals surface area contributed by atoms with Crippen LogP contribution in [-0.2, 0) is 9.59 Å². The van der Waals surface area contributed by atoms with Crippen molar-refractivity contribution in [3.05, 3.63) is 58.7 Å². The molecule has 1 amide bonds. The largest absolute Gasteiger partial charge is 0.490 e. The van der Waals surface area contributed by atoms with Crippen LogP contribution in [0.25, 0.3) is 6.08 Å². The molecule has 0 aliphatic carbocycles. The number of hydrogen-bond donors (Lipinski definition) is 2. The lowest BCUT2D eigenvalue weighted by molar-refractivity contribution is -0.139. The first-order valence-corrected chi connectivity index (χ1v) is 8.97. The van der Waals surface area contributed by atoms with Crippen LogP contribution in [0.5, 0.6) is 11.5 Å². The summed E-state index contributed by atoms with van der Waals surface area (Å²) in [5.74, 6) is -1.25. The molecule has 150 valence electrons. The van der Waals surface area contributed by atoms with Gasteiger partial charge in [0.15, 0.2) is 18.1 Å². The van der Waals surface area contributed by atoms with Gasteiger partial charge in [0.25, 0.3) is 5.91 Å². The Labute approximate surface area is 169 Å². The number of ether oxygens (including phenoxy) is 2. The molecule has 2 aromatic carbocycles. The maximum atomic E-state index is 12.6. The highest BCUT2D eigenvalue weighted by Crippen LogP contribution is 2.33. The van der Waals surface area contributed by atoms with Gasteiger partial charge in [0.05, 0.1) is 6.61 Å². The number of hydrogen-bond acceptors (Lipinski definition) is 5. The minimum Gasteiger partial charge on any atom is -0.490 e. The Kier molecular flexibility index (Phi) is 7.38. The van der Waals surface area contributed by atoms with Crippen molar-refractivity contribution in [3.63, 3.8) is 0 Å². The number of carboxylic acids is 1. The number of nitrogens with one attached hydrogen (secondary N) is 1. The molecule has 2 rings (SSSR count). The van der Waals surface area contributed by atoms with E-state index in [1.807, 2.05) is 32.0 Å². The third kappa shape index (κ3) is 5.59. The first-order chi connectivity index (χ1) is 13.9. The van der Waals surface area contributed by atoms with Crippen LogP contribution in [0.2, 0.25) is 0 Å². The van der Waals surface area contributed by atoms with Crippen LogP contribution in [0.15, 0.2) is 42.0 Å². The van der Waals surface area contributed by atoms with Gasteiger partial charge in [0.2, 0.25) is 0 Å². The van der Waals surface area contributed by atoms with E-state index in [2.05, 4.69) is 5.32 Å². The van der Waals surface area contributed by atoms with Gasteiger partial charge >= 0.3 is 5.97 Å². The number of aliphatic carboxylic acids is 1. The van der Waals surface area contributed by atoms with Crippen LogP contribution < -0.4 is 14.8 Å². The molecule has 7 nitrogen and oxygen atoms in total. The van der Waals surface area contributed by atoms with Crippen molar-refractivity contribution >= 4 is 23.6 Å². The van der Waals surface area contributed by atoms with E-state index in [4.69, 9.17) is 14.6 Å². The van der Waals surface area contributed by atoms with Gasteiger partial charge in [-0.2, -0.15) is 5.26 Å². The maximum Gasteiger partial charge on any atom is 0.341 e. The summed E-state index contributed by atoms with van der Waals surface area (Å²) in [4.78, 5) is 23.5. The maximum absolute atomic E-state index is 12.6. The Morgan fingerprint density at radius 1 is 1.17 bits per heavy atom. The van der Waals surface area contributed by atoms with E-state index in [1.54, 1.807) is 31.2 Å². The number of carboxylic acid groups (broad SMARTS) is 1. The second-order valence-electron chi connectivity index (χ2n) is 6.16. The van der Waals surface area contributed by atoms with Crippen molar-refractivity contribution in [2.24, 2.45) is 0 Å². The molecule has 7 heteroatoms. The molecular formula is C22H22N2O5. The van der Waals surface area contributed by atoms with Crippen molar-refractivity contribution in [3.8, 4) is 17.6 Å². The van der Waals surface area contributed by atoms with E-state index in [0.717, 1.165) is 11.1 Å². The van der Waals surface area contributed by atoms with Gasteiger partial charge in [-0.25, -0.2) is 4.79 Å². The molecule has 0 radical (unpaired) electrons. The van der Waals surface area contributed by atoms with E-state index in [1.165, 1.54) is 6.08 Å². The molecule has 0 fully saturated rings. The van der Waals surface area contributed by atoms with Gasteiger partial charge in [-0.15, -0.1) is 0 Å². The fourth-order valence-corrected chi connectivity index (χ4v) is 2.58. The first kappa shape index (κ1) is 21.5. The van der Waals surface area contributed by atoms with Crippen LogP contribution in [0.3, 0.4) is 0 Å². The topological polar surface area (TPSA) is 109 Å². The van der Waals surface area contributed by atoms with Crippen molar-refractivity contribution in [1.82, 2.24) is 0 Å². The summed E-state index contributed by atoms with van der Waals surface area (Å²) < 4.78 is 10.8. The molecule has 0 heterocycles. The average Bonchev–Trinajstić information content (AvgIpc) is 2.69. The second kappa shape index (κ2) is 9.95. The molecule has 0 aliphatic heterocycles. The zero-order chi connectivity index (χ0) is 21.4. The second-order valence-corrected chi connectivity index (χ2v) is 6.16. The van der Waals surface area contributed by atoms with Crippen LogP contribution >= 0.6 is 0 Å². The first-order valence-electron chi connectivity index (χ1n) is 8.97. The number of carbonyl (C=O) groups excluding carboxylic acids is 1. The predicted octanol–water partition coefficient (Wildman–Crippen LogP) is 3.71. The van der Waals surface area contributed by atoms with E-state index in [0.29, 0.717) is 23.6 Å². The Bertz CT molecular complexity index is 989. The van der Waals surface area contributed by atoms with Gasteiger partial charge < -0.3 is 19.9 Å². The number of carbonyl (C=O) groups is 2. The summed E-state index contributed by atoms with van der Waals surface area (Å²) in [5.41, 5.74) is 2.74. The van der Waals surface area contributed by atoms with E-state index < -0.39 is 18.5 Å². The summed E-state index contributed by atoms with van der Waals surface area (Å²) in [7, 11) is 0. The monoisotopic (exact) mass is 394 g/mol. The highest BCUT2D eigenvalue weighted by Gasteiger charge is 2.16. The molecule has 0 unspecified atom stereocenters. The van der Waals surface area contributed by atoms with Gasteiger partial charge in [-0.1, -0.05) is 24.3 Å². The Morgan fingerprint density at radius 3 is 2.55 bits per heavy atom. The SMILES string of the molecule is CCOc1cccc(/C=C(/C#N)C(=O)Nc2cccc(C)c2C)c1OCC(=O)O. The molecule has 2 N–H and O–H groups in total. The molecule has 2 aromatic rings. The third-order valence-electron chi connectivity index (χ3n) is 4.17. The van der Waals surface area contributed by atoms with Gasteiger partial charge in [-0.3, -0.25) is 4.79 Å². The van der Waals surface area contributed by atoms with Crippen LogP contribution in [0.4, 0.5) is 5.69 Å². The van der Waals surface area contributed by atoms with E-state index in [-0.39, 0.29) is 11.3 Å². The quantitative estimate of drug-likeness (QED) is 0.522. The zero-order valence-electron chi connectivity index (χ0n) is 16.5. The molecular weight excluding hydrogens is 372 g/mol. The van der Waals surface area contributed by atoms with E-state index in [9.17, 15) is 14.9 Å². The number of amides is 1. The fourth-order valence-electron chi connectivity index (χ4n) is 2.58. The molecule has 29 heavy (non-hydrogen) atoms. The lowest BCUT2D eigenvalue weighted by atomic mass is 10.1. The summed E-state index contributed by atoms with van der Waals surface area (Å²) in [6, 6.07) is 12.3. The summed E-state index contributed by atoms with van der Waals surface area (Å²) in [6.07, 6.45) is 1.35. The highest BCUT2D eigenvalue weighted by molar-refractivity contribution is 6.10. The van der Waals surface area contributed by atoms with Crippen molar-refractivity contribution in [2.75, 3.05) is 18.5 Å². The smallest absolute Gasteiger partial charge is 0.341 e. The molecule has 0 aliphatic rings. The van der Waals surface area contributed by atoms with Gasteiger partial charge in [0, 0.05) is 11.3 Å². The number of anilines is 1. The summed E-state index contributed by atoms with van der Waals surface area (Å²) in [6.45, 7) is 5.35. The normalized spacial score (nSPS) is 10.8. The van der Waals surface area contributed by atoms with Gasteiger partial charge in [0.1, 0.15) is 11.6 Å². The number of aryl methyl sites for hydroxylation is 1. The lowest BCUT2D eigenvalue weighted by Crippen LogP contribution is -2.15. The van der Waals surface area contributed by atoms with Crippen LogP contribution in [0.1, 0.15) is 23.6 Å². The Morgan fingerprint density at radius 2 is 1.90 bits per heavy atom. The van der Waals surface area contributed by atoms with E-state index >= 15 is 0 Å². The minimum absolute atomic E-state index is 0.153. The highest BCUT2D eigenvalue weighted by atomic mass is 16.5. The molecule has 0 spiro atoms. The molecule has 0 bridgehead atoms. The van der Waals surface area contributed by atoms with Crippen LogP contribution in [-0.4, -0.2) is 30.2 Å². The lowest BCUT2D eigenvalue weighted by Gasteiger charge is -2.14. The Balaban J connectivity index is 2.39. The fraction of sp³-hybridized carbons (Fsp3) is 0.227. The number of benzene rings is 2. The Hall–Kier alpha value is -3.79. The van der Waals surface area contributed by atoms with Crippen molar-refractivity contribution in [1.29, 1.82) is 5.26 Å². The number of para-hydroxylation sites is 1. The molecule has 0 aromatic heterocycles. The number of nitriles is 1. The minimum atomic E-state index is -1.15. The molecule has 0 atom stereocenters. The average molecular weight is 394 g/mol. The van der Waals surface area contributed by atoms with Gasteiger partial charge in [-0.05, 0) is 50.1 Å². The van der Waals surface area contributed by atoms with Crippen molar-refractivity contribution in [2.45, 2.75) is 20.8 Å². The zero-order valence-corrected chi connectivity index (χ0v) is 16.5. The summed E-state index contributed by atoms with van der Waals surface area (Å²) in [5, 5.41) is 21.1. The molecule has 0 saturated carbocycles. The molecule has 0 saturated heterocycles. The van der Waals surface area contributed by atoms with Crippen LogP contribution in [0, 0.1) is 25.2 Å². The summed E-state index contributed by atoms with van der Waals surface area (Å²) >= 11 is 0. The van der Waals surface area contributed by atoms with Crippen molar-refractivity contribution < 1.29 is 24.2 Å². The standard InChI is InChI=1S/C22H22N2O5/c1-4-28-19-10-6-8-16(21(19)29-13-20(25)26)11-17(12-23)22(27)24-18-9-5-7-14(2)15(18)3/h5-11H,4,13H2,1-3H3,(H,24,27)(H,25,26)/b17-11-. The number of rotatable bonds is 8. The number of nitrogens with zero attached hydrogens (tertiary/aromatic N) is 1. The third-order valence-corrected chi connectivity index (χ3v) is 4.17.